The molecule has 4 heteroatoms. The van der Waals surface area contributed by atoms with Crippen LogP contribution in [0.15, 0.2) is 0 Å². The summed E-state index contributed by atoms with van der Waals surface area (Å²) in [5.74, 6) is -1.86. The van der Waals surface area contributed by atoms with E-state index in [4.69, 9.17) is 5.11 Å². The molecule has 0 aromatic carbocycles. The van der Waals surface area contributed by atoms with Gasteiger partial charge in [-0.1, -0.05) is 58.3 Å². The van der Waals surface area contributed by atoms with Crippen LogP contribution in [0.4, 0.5) is 0 Å². The first-order valence-electron chi connectivity index (χ1n) is 7.59. The Morgan fingerprint density at radius 1 is 0.947 bits per heavy atom. The third kappa shape index (κ3) is 9.00. The normalized spacial score (nSPS) is 16.0. The third-order valence-electron chi connectivity index (χ3n) is 3.59. The van der Waals surface area contributed by atoms with Crippen molar-refractivity contribution < 1.29 is 20.1 Å². The Morgan fingerprint density at radius 2 is 1.42 bits per heavy atom. The molecule has 0 aliphatic rings. The van der Waals surface area contributed by atoms with Gasteiger partial charge in [0.05, 0.1) is 18.1 Å². The summed E-state index contributed by atoms with van der Waals surface area (Å²) in [4.78, 5) is 11.0. The van der Waals surface area contributed by atoms with Gasteiger partial charge in [-0.05, 0) is 13.3 Å². The molecule has 4 nitrogen and oxygen atoms in total. The lowest BCUT2D eigenvalue weighted by molar-refractivity contribution is -0.149. The molecule has 0 fully saturated rings. The highest BCUT2D eigenvalue weighted by Crippen LogP contribution is 2.18. The predicted molar refractivity (Wildman–Crippen MR) is 76.0 cm³/mol. The van der Waals surface area contributed by atoms with Gasteiger partial charge in [0.25, 0.3) is 0 Å². The van der Waals surface area contributed by atoms with E-state index in [1.54, 1.807) is 0 Å². The average molecular weight is 274 g/mol. The van der Waals surface area contributed by atoms with Gasteiger partial charge in [-0.25, -0.2) is 0 Å². The van der Waals surface area contributed by atoms with E-state index in [-0.39, 0.29) is 0 Å². The van der Waals surface area contributed by atoms with Gasteiger partial charge in [0.15, 0.2) is 0 Å². The summed E-state index contributed by atoms with van der Waals surface area (Å²) in [5, 5.41) is 27.9. The standard InChI is InChI=1S/C15H30O4/c1-3-4-5-6-7-8-9-10-11-13(15(18)19)14(17)12(2)16/h12-14,16-17H,3-11H2,1-2H3,(H,18,19). The van der Waals surface area contributed by atoms with Gasteiger partial charge in [-0.2, -0.15) is 0 Å². The minimum atomic E-state index is -1.16. The molecule has 0 spiro atoms. The second-order valence-corrected chi connectivity index (χ2v) is 5.44. The van der Waals surface area contributed by atoms with Crippen molar-refractivity contribution in [1.82, 2.24) is 0 Å². The summed E-state index contributed by atoms with van der Waals surface area (Å²) in [6.45, 7) is 3.62. The molecule has 0 heterocycles. The number of carbonyl (C=O) groups is 1. The second-order valence-electron chi connectivity index (χ2n) is 5.44. The molecule has 114 valence electrons. The number of aliphatic hydroxyl groups is 2. The largest absolute Gasteiger partial charge is 0.481 e. The highest BCUT2D eigenvalue weighted by Gasteiger charge is 2.29. The summed E-state index contributed by atoms with van der Waals surface area (Å²) in [6.07, 6.45) is 7.50. The summed E-state index contributed by atoms with van der Waals surface area (Å²) in [5.41, 5.74) is 0. The van der Waals surface area contributed by atoms with Crippen molar-refractivity contribution in [1.29, 1.82) is 0 Å². The SMILES string of the molecule is CCCCCCCCCCC(C(=O)O)C(O)C(C)O. The molecule has 0 aromatic rings. The molecular formula is C15H30O4. The maximum Gasteiger partial charge on any atom is 0.309 e. The smallest absolute Gasteiger partial charge is 0.309 e. The quantitative estimate of drug-likeness (QED) is 0.478. The van der Waals surface area contributed by atoms with Crippen molar-refractivity contribution in [2.24, 2.45) is 5.92 Å². The van der Waals surface area contributed by atoms with E-state index in [1.807, 2.05) is 0 Å². The van der Waals surface area contributed by atoms with Crippen LogP contribution in [-0.2, 0) is 4.79 Å². The molecule has 0 bridgehead atoms. The lowest BCUT2D eigenvalue weighted by Gasteiger charge is -2.21. The van der Waals surface area contributed by atoms with Gasteiger partial charge in [0.2, 0.25) is 0 Å². The van der Waals surface area contributed by atoms with E-state index >= 15 is 0 Å². The fraction of sp³-hybridized carbons (Fsp3) is 0.933. The summed E-state index contributed by atoms with van der Waals surface area (Å²) in [6, 6.07) is 0. The lowest BCUT2D eigenvalue weighted by Crippen LogP contribution is -2.36. The highest BCUT2D eigenvalue weighted by atomic mass is 16.4. The molecule has 3 unspecified atom stereocenters. The Morgan fingerprint density at radius 3 is 1.84 bits per heavy atom. The van der Waals surface area contributed by atoms with Crippen LogP contribution < -0.4 is 0 Å². The van der Waals surface area contributed by atoms with E-state index in [9.17, 15) is 15.0 Å². The monoisotopic (exact) mass is 274 g/mol. The Bertz CT molecular complexity index is 228. The summed E-state index contributed by atoms with van der Waals surface area (Å²) in [7, 11) is 0. The second kappa shape index (κ2) is 11.2. The average Bonchev–Trinajstić information content (AvgIpc) is 2.35. The zero-order valence-electron chi connectivity index (χ0n) is 12.3. The summed E-state index contributed by atoms with van der Waals surface area (Å²) >= 11 is 0. The van der Waals surface area contributed by atoms with Crippen LogP contribution in [0.5, 0.6) is 0 Å². The molecular weight excluding hydrogens is 244 g/mol. The van der Waals surface area contributed by atoms with Gasteiger partial charge in [-0.3, -0.25) is 4.79 Å². The topological polar surface area (TPSA) is 77.8 Å². The van der Waals surface area contributed by atoms with E-state index in [1.165, 1.54) is 39.0 Å². The van der Waals surface area contributed by atoms with Crippen molar-refractivity contribution >= 4 is 5.97 Å². The number of aliphatic carboxylic acids is 1. The van der Waals surface area contributed by atoms with Gasteiger partial charge in [0, 0.05) is 0 Å². The van der Waals surface area contributed by atoms with Crippen molar-refractivity contribution in [2.75, 3.05) is 0 Å². The summed E-state index contributed by atoms with van der Waals surface area (Å²) < 4.78 is 0. The molecule has 0 radical (unpaired) electrons. The highest BCUT2D eigenvalue weighted by molar-refractivity contribution is 5.70. The molecule has 0 aliphatic heterocycles. The number of unbranched alkanes of at least 4 members (excludes halogenated alkanes) is 7. The van der Waals surface area contributed by atoms with Crippen LogP contribution in [0.25, 0.3) is 0 Å². The first-order chi connectivity index (χ1) is 9.00. The maximum absolute atomic E-state index is 11.0. The van der Waals surface area contributed by atoms with Crippen LogP contribution in [-0.4, -0.2) is 33.5 Å². The van der Waals surface area contributed by atoms with Gasteiger partial charge in [0.1, 0.15) is 0 Å². The van der Waals surface area contributed by atoms with Crippen molar-refractivity contribution in [3.63, 3.8) is 0 Å². The first kappa shape index (κ1) is 18.4. The van der Waals surface area contributed by atoms with Crippen LogP contribution in [0, 0.1) is 5.92 Å². The molecule has 0 saturated heterocycles. The number of hydrogen-bond acceptors (Lipinski definition) is 3. The van der Waals surface area contributed by atoms with Crippen LogP contribution in [0.2, 0.25) is 0 Å². The van der Waals surface area contributed by atoms with Crippen molar-refractivity contribution in [2.45, 2.75) is 83.8 Å². The first-order valence-corrected chi connectivity index (χ1v) is 7.59. The van der Waals surface area contributed by atoms with E-state index in [2.05, 4.69) is 6.92 Å². The third-order valence-corrected chi connectivity index (χ3v) is 3.59. The Labute approximate surface area is 116 Å². The molecule has 0 aromatic heterocycles. The molecule has 0 aliphatic carbocycles. The zero-order chi connectivity index (χ0) is 14.7. The van der Waals surface area contributed by atoms with Crippen LogP contribution in [0.1, 0.15) is 71.6 Å². The Kier molecular flexibility index (Phi) is 10.9. The van der Waals surface area contributed by atoms with Crippen LogP contribution in [0.3, 0.4) is 0 Å². The fourth-order valence-electron chi connectivity index (χ4n) is 2.27. The molecule has 0 saturated carbocycles. The molecule has 19 heavy (non-hydrogen) atoms. The van der Waals surface area contributed by atoms with Gasteiger partial charge in [-0.15, -0.1) is 0 Å². The number of hydrogen-bond donors (Lipinski definition) is 3. The van der Waals surface area contributed by atoms with Crippen LogP contribution >= 0.6 is 0 Å². The zero-order valence-corrected chi connectivity index (χ0v) is 12.3. The number of carboxylic acid groups (broad SMARTS) is 1. The molecule has 3 N–H and O–H groups in total. The molecule has 0 rings (SSSR count). The Hall–Kier alpha value is -0.610. The Balaban J connectivity index is 3.68. The predicted octanol–water partition coefficient (Wildman–Crippen LogP) is 2.96. The molecule has 0 amide bonds. The van der Waals surface area contributed by atoms with Gasteiger partial charge >= 0.3 is 5.97 Å². The lowest BCUT2D eigenvalue weighted by atomic mass is 9.92. The maximum atomic E-state index is 11.0. The van der Waals surface area contributed by atoms with Crippen molar-refractivity contribution in [3.8, 4) is 0 Å². The minimum absolute atomic E-state index is 0.441. The van der Waals surface area contributed by atoms with E-state index in [0.29, 0.717) is 6.42 Å². The van der Waals surface area contributed by atoms with E-state index < -0.39 is 24.1 Å². The molecule has 3 atom stereocenters. The number of rotatable bonds is 12. The fourth-order valence-corrected chi connectivity index (χ4v) is 2.27. The minimum Gasteiger partial charge on any atom is -0.481 e. The number of aliphatic hydroxyl groups excluding tert-OH is 2. The van der Waals surface area contributed by atoms with E-state index in [0.717, 1.165) is 19.3 Å². The van der Waals surface area contributed by atoms with Crippen molar-refractivity contribution in [3.05, 3.63) is 0 Å². The number of carboxylic acids is 1. The van der Waals surface area contributed by atoms with Gasteiger partial charge < -0.3 is 15.3 Å².